The van der Waals surface area contributed by atoms with Crippen molar-refractivity contribution in [1.29, 1.82) is 0 Å². The Bertz CT molecular complexity index is 167. The average molecular weight is 245 g/mol. The maximum atomic E-state index is 6.52. The van der Waals surface area contributed by atoms with E-state index in [4.69, 9.17) is 11.6 Å². The summed E-state index contributed by atoms with van der Waals surface area (Å²) >= 11 is 6.52. The van der Waals surface area contributed by atoms with Crippen LogP contribution in [0.25, 0.3) is 0 Å². The molecule has 1 heteroatoms. The van der Waals surface area contributed by atoms with Gasteiger partial charge in [0.05, 0.1) is 0 Å². The van der Waals surface area contributed by atoms with E-state index in [9.17, 15) is 0 Å². The second-order valence-corrected chi connectivity index (χ2v) is 6.13. The molecule has 0 amide bonds. The van der Waals surface area contributed by atoms with Gasteiger partial charge in [-0.25, -0.2) is 0 Å². The van der Waals surface area contributed by atoms with Gasteiger partial charge < -0.3 is 0 Å². The van der Waals surface area contributed by atoms with Gasteiger partial charge in [0.15, 0.2) is 0 Å². The molecule has 96 valence electrons. The van der Waals surface area contributed by atoms with Crippen molar-refractivity contribution in [3.05, 3.63) is 0 Å². The summed E-state index contributed by atoms with van der Waals surface area (Å²) in [6, 6.07) is 0. The van der Waals surface area contributed by atoms with Gasteiger partial charge in [0.1, 0.15) is 0 Å². The standard InChI is InChI=1S/C15H29Cl/c1-3-5-9-13(4-2)12-14-10-7-6-8-11-15(14)16/h13-15H,3-12H2,1-2H3. The molecule has 0 nitrogen and oxygen atoms in total. The molecule has 0 aromatic heterocycles. The molecule has 1 fully saturated rings. The van der Waals surface area contributed by atoms with Crippen molar-refractivity contribution >= 4 is 11.6 Å². The fourth-order valence-corrected chi connectivity index (χ4v) is 3.40. The van der Waals surface area contributed by atoms with E-state index < -0.39 is 0 Å². The molecule has 1 aliphatic carbocycles. The van der Waals surface area contributed by atoms with Crippen LogP contribution in [0, 0.1) is 11.8 Å². The van der Waals surface area contributed by atoms with Gasteiger partial charge in [-0.15, -0.1) is 11.6 Å². The van der Waals surface area contributed by atoms with Crippen molar-refractivity contribution in [2.24, 2.45) is 11.8 Å². The highest BCUT2D eigenvalue weighted by atomic mass is 35.5. The molecule has 0 heterocycles. The van der Waals surface area contributed by atoms with Crippen molar-refractivity contribution in [3.63, 3.8) is 0 Å². The molecular formula is C15H29Cl. The Morgan fingerprint density at radius 2 is 1.88 bits per heavy atom. The van der Waals surface area contributed by atoms with E-state index in [1.54, 1.807) is 0 Å². The predicted octanol–water partition coefficient (Wildman–Crippen LogP) is 5.78. The third-order valence-electron chi connectivity index (χ3n) is 4.25. The molecule has 0 saturated heterocycles. The first-order valence-electron chi connectivity index (χ1n) is 7.42. The van der Waals surface area contributed by atoms with Crippen LogP contribution in [0.5, 0.6) is 0 Å². The Balaban J connectivity index is 2.35. The maximum Gasteiger partial charge on any atom is 0.0364 e. The lowest BCUT2D eigenvalue weighted by atomic mass is 9.85. The molecule has 0 N–H and O–H groups in total. The van der Waals surface area contributed by atoms with E-state index in [2.05, 4.69) is 13.8 Å². The van der Waals surface area contributed by atoms with Gasteiger partial charge in [0.25, 0.3) is 0 Å². The van der Waals surface area contributed by atoms with E-state index in [1.807, 2.05) is 0 Å². The molecule has 3 unspecified atom stereocenters. The SMILES string of the molecule is CCCCC(CC)CC1CCCCCC1Cl. The average Bonchev–Trinajstić information content (AvgIpc) is 2.50. The van der Waals surface area contributed by atoms with E-state index >= 15 is 0 Å². The first kappa shape index (κ1) is 14.4. The summed E-state index contributed by atoms with van der Waals surface area (Å²) in [5.41, 5.74) is 0. The molecule has 0 aliphatic heterocycles. The van der Waals surface area contributed by atoms with Gasteiger partial charge in [-0.3, -0.25) is 0 Å². The lowest BCUT2D eigenvalue weighted by Crippen LogP contribution is -2.17. The van der Waals surface area contributed by atoms with Crippen molar-refractivity contribution < 1.29 is 0 Å². The van der Waals surface area contributed by atoms with Gasteiger partial charge in [-0.2, -0.15) is 0 Å². The van der Waals surface area contributed by atoms with Crippen molar-refractivity contribution in [3.8, 4) is 0 Å². The number of hydrogen-bond acceptors (Lipinski definition) is 0. The largest absolute Gasteiger partial charge is 0.123 e. The first-order chi connectivity index (χ1) is 7.77. The monoisotopic (exact) mass is 244 g/mol. The molecule has 16 heavy (non-hydrogen) atoms. The molecule has 0 bridgehead atoms. The molecule has 0 aromatic rings. The zero-order valence-corrected chi connectivity index (χ0v) is 11.9. The number of alkyl halides is 1. The normalized spacial score (nSPS) is 28.7. The maximum absolute atomic E-state index is 6.52. The zero-order valence-electron chi connectivity index (χ0n) is 11.2. The minimum atomic E-state index is 0.471. The Morgan fingerprint density at radius 1 is 1.12 bits per heavy atom. The van der Waals surface area contributed by atoms with E-state index in [1.165, 1.54) is 64.2 Å². The topological polar surface area (TPSA) is 0 Å². The van der Waals surface area contributed by atoms with Crippen molar-refractivity contribution in [1.82, 2.24) is 0 Å². The molecule has 1 rings (SSSR count). The minimum absolute atomic E-state index is 0.471. The summed E-state index contributed by atoms with van der Waals surface area (Å²) in [7, 11) is 0. The summed E-state index contributed by atoms with van der Waals surface area (Å²) in [5.74, 6) is 1.75. The van der Waals surface area contributed by atoms with Gasteiger partial charge in [0, 0.05) is 5.38 Å². The Hall–Kier alpha value is 0.290. The minimum Gasteiger partial charge on any atom is -0.123 e. The summed E-state index contributed by atoms with van der Waals surface area (Å²) < 4.78 is 0. The molecule has 3 atom stereocenters. The third kappa shape index (κ3) is 5.08. The van der Waals surface area contributed by atoms with Crippen LogP contribution >= 0.6 is 11.6 Å². The lowest BCUT2D eigenvalue weighted by Gasteiger charge is -2.24. The number of unbranched alkanes of at least 4 members (excludes halogenated alkanes) is 1. The highest BCUT2D eigenvalue weighted by molar-refractivity contribution is 6.20. The van der Waals surface area contributed by atoms with Gasteiger partial charge >= 0.3 is 0 Å². The highest BCUT2D eigenvalue weighted by Crippen LogP contribution is 2.34. The second kappa shape index (κ2) is 8.39. The lowest BCUT2D eigenvalue weighted by molar-refractivity contribution is 0.316. The summed E-state index contributed by atoms with van der Waals surface area (Å²) in [6.07, 6.45) is 13.7. The Kier molecular flexibility index (Phi) is 7.53. The highest BCUT2D eigenvalue weighted by Gasteiger charge is 2.24. The van der Waals surface area contributed by atoms with Gasteiger partial charge in [-0.05, 0) is 31.1 Å². The first-order valence-corrected chi connectivity index (χ1v) is 7.85. The van der Waals surface area contributed by atoms with E-state index in [-0.39, 0.29) is 0 Å². The molecular weight excluding hydrogens is 216 g/mol. The number of halogens is 1. The molecule has 0 aromatic carbocycles. The van der Waals surface area contributed by atoms with Gasteiger partial charge in [-0.1, -0.05) is 58.8 Å². The van der Waals surface area contributed by atoms with Crippen LogP contribution < -0.4 is 0 Å². The zero-order chi connectivity index (χ0) is 11.8. The summed E-state index contributed by atoms with van der Waals surface area (Å²) in [4.78, 5) is 0. The molecule has 0 spiro atoms. The molecule has 1 aliphatic rings. The molecule has 0 radical (unpaired) electrons. The van der Waals surface area contributed by atoms with Gasteiger partial charge in [0.2, 0.25) is 0 Å². The summed E-state index contributed by atoms with van der Waals surface area (Å²) in [5, 5.41) is 0.471. The smallest absolute Gasteiger partial charge is 0.0364 e. The third-order valence-corrected chi connectivity index (χ3v) is 4.82. The van der Waals surface area contributed by atoms with Crippen LogP contribution in [0.2, 0.25) is 0 Å². The van der Waals surface area contributed by atoms with Crippen LogP contribution in [-0.2, 0) is 0 Å². The molecule has 1 saturated carbocycles. The van der Waals surface area contributed by atoms with E-state index in [0.717, 1.165) is 11.8 Å². The predicted molar refractivity (Wildman–Crippen MR) is 74.1 cm³/mol. The fourth-order valence-electron chi connectivity index (χ4n) is 3.01. The number of rotatable bonds is 6. The van der Waals surface area contributed by atoms with Crippen LogP contribution in [0.3, 0.4) is 0 Å². The van der Waals surface area contributed by atoms with Crippen LogP contribution in [0.4, 0.5) is 0 Å². The van der Waals surface area contributed by atoms with Crippen LogP contribution in [0.15, 0.2) is 0 Å². The number of hydrogen-bond donors (Lipinski definition) is 0. The fraction of sp³-hybridized carbons (Fsp3) is 1.00. The Labute approximate surface area is 107 Å². The Morgan fingerprint density at radius 3 is 2.56 bits per heavy atom. The van der Waals surface area contributed by atoms with Crippen molar-refractivity contribution in [2.75, 3.05) is 0 Å². The quantitative estimate of drug-likeness (QED) is 0.410. The second-order valence-electron chi connectivity index (χ2n) is 5.57. The summed E-state index contributed by atoms with van der Waals surface area (Å²) in [6.45, 7) is 4.64. The van der Waals surface area contributed by atoms with Crippen LogP contribution in [-0.4, -0.2) is 5.38 Å². The van der Waals surface area contributed by atoms with Crippen molar-refractivity contribution in [2.45, 2.75) is 83.4 Å². The van der Waals surface area contributed by atoms with E-state index in [0.29, 0.717) is 5.38 Å². The van der Waals surface area contributed by atoms with Crippen LogP contribution in [0.1, 0.15) is 78.1 Å².